The van der Waals surface area contributed by atoms with Gasteiger partial charge in [-0.15, -0.1) is 0 Å². The molecule has 1 aromatic heterocycles. The summed E-state index contributed by atoms with van der Waals surface area (Å²) in [4.78, 5) is 31.5. The van der Waals surface area contributed by atoms with E-state index in [2.05, 4.69) is 20.9 Å². The lowest BCUT2D eigenvalue weighted by Gasteiger charge is -2.12. The number of hydrogen-bond acceptors (Lipinski definition) is 6. The van der Waals surface area contributed by atoms with E-state index in [1.165, 1.54) is 18.9 Å². The Balaban J connectivity index is 1.63. The molecule has 2 aromatic carbocycles. The summed E-state index contributed by atoms with van der Waals surface area (Å²) in [6.45, 7) is 2.35. The van der Waals surface area contributed by atoms with Crippen molar-refractivity contribution < 1.29 is 18.7 Å². The lowest BCUT2D eigenvalue weighted by Crippen LogP contribution is -2.28. The van der Waals surface area contributed by atoms with Crippen LogP contribution < -0.4 is 0 Å². The lowest BCUT2D eigenvalue weighted by molar-refractivity contribution is -0.122. The normalized spacial score (nSPS) is 16.0. The van der Waals surface area contributed by atoms with Crippen LogP contribution >= 0.6 is 50.9 Å². The smallest absolute Gasteiger partial charge is 0.337 e. The number of esters is 1. The highest BCUT2D eigenvalue weighted by molar-refractivity contribution is 9.10. The zero-order valence-electron chi connectivity index (χ0n) is 18.0. The molecule has 0 atom stereocenters. The summed E-state index contributed by atoms with van der Waals surface area (Å²) in [6, 6.07) is 13.6. The van der Waals surface area contributed by atoms with Gasteiger partial charge >= 0.3 is 5.97 Å². The number of hydrogen-bond donors (Lipinski definition) is 0. The third-order valence-corrected chi connectivity index (χ3v) is 7.45. The fraction of sp³-hybridized carbons (Fsp3) is 0.125. The van der Waals surface area contributed by atoms with E-state index < -0.39 is 5.97 Å². The maximum atomic E-state index is 13.0. The number of benzene rings is 2. The van der Waals surface area contributed by atoms with Gasteiger partial charge in [0, 0.05) is 22.7 Å². The van der Waals surface area contributed by atoms with E-state index in [1.807, 2.05) is 13.0 Å². The van der Waals surface area contributed by atoms with Gasteiger partial charge in [-0.1, -0.05) is 23.2 Å². The van der Waals surface area contributed by atoms with Crippen LogP contribution in [0.2, 0.25) is 10.0 Å². The maximum Gasteiger partial charge on any atom is 0.337 e. The number of aliphatic imine (C=N–C) groups is 1. The van der Waals surface area contributed by atoms with Crippen molar-refractivity contribution in [3.8, 4) is 11.3 Å². The van der Waals surface area contributed by atoms with Gasteiger partial charge in [-0.2, -0.15) is 0 Å². The summed E-state index contributed by atoms with van der Waals surface area (Å²) < 4.78 is 11.5. The van der Waals surface area contributed by atoms with E-state index in [-0.39, 0.29) is 5.91 Å². The molecule has 0 spiro atoms. The average molecular weight is 580 g/mol. The van der Waals surface area contributed by atoms with Crippen LogP contribution in [-0.2, 0) is 9.53 Å². The molecule has 10 heteroatoms. The molecule has 0 unspecified atom stereocenters. The monoisotopic (exact) mass is 578 g/mol. The quantitative estimate of drug-likeness (QED) is 0.232. The minimum Gasteiger partial charge on any atom is -0.465 e. The Labute approximate surface area is 218 Å². The van der Waals surface area contributed by atoms with Crippen LogP contribution in [0.1, 0.15) is 23.0 Å². The number of rotatable bonds is 5. The van der Waals surface area contributed by atoms with Gasteiger partial charge in [0.25, 0.3) is 5.91 Å². The number of ether oxygens (including phenoxy) is 1. The van der Waals surface area contributed by atoms with Crippen molar-refractivity contribution >= 4 is 79.7 Å². The topological polar surface area (TPSA) is 72.1 Å². The van der Waals surface area contributed by atoms with Crippen LogP contribution in [0.3, 0.4) is 0 Å². The zero-order chi connectivity index (χ0) is 24.4. The molecule has 0 bridgehead atoms. The highest BCUT2D eigenvalue weighted by Gasteiger charge is 2.32. The molecule has 0 radical (unpaired) electrons. The molecule has 1 fully saturated rings. The van der Waals surface area contributed by atoms with Crippen LogP contribution in [0.4, 0.5) is 5.69 Å². The Kier molecular flexibility index (Phi) is 7.52. The van der Waals surface area contributed by atoms with E-state index >= 15 is 0 Å². The second-order valence-electron chi connectivity index (χ2n) is 7.04. The van der Waals surface area contributed by atoms with E-state index in [9.17, 15) is 9.59 Å². The summed E-state index contributed by atoms with van der Waals surface area (Å²) in [5.41, 5.74) is 1.54. The Morgan fingerprint density at radius 3 is 2.68 bits per heavy atom. The second-order valence-corrected chi connectivity index (χ2v) is 9.72. The summed E-state index contributed by atoms with van der Waals surface area (Å²) in [7, 11) is 1.31. The van der Waals surface area contributed by atoms with Crippen LogP contribution in [-0.4, -0.2) is 35.6 Å². The number of methoxy groups -OCH3 is 1. The molecule has 174 valence electrons. The number of nitrogens with zero attached hydrogens (tertiary/aromatic N) is 2. The van der Waals surface area contributed by atoms with Crippen molar-refractivity contribution in [2.75, 3.05) is 13.7 Å². The zero-order valence-corrected chi connectivity index (χ0v) is 21.9. The molecule has 34 heavy (non-hydrogen) atoms. The van der Waals surface area contributed by atoms with Gasteiger partial charge in [0.05, 0.1) is 33.3 Å². The first kappa shape index (κ1) is 24.6. The standard InChI is InChI=1S/C24H17BrCl2N2O4S/c1-3-29-22(30)21(34-24(29)28-14-5-7-17(25)19(27)11-14)12-15-6-9-20(33-15)16-10-13(23(31)32-2)4-8-18(16)26/h4-12H,3H2,1-2H3/b21-12-,28-24?. The Morgan fingerprint density at radius 2 is 1.97 bits per heavy atom. The SMILES string of the molecule is CCN1C(=O)/C(=C/c2ccc(-c3cc(C(=O)OC)ccc3Cl)o2)SC1=Nc1ccc(Br)c(Cl)c1. The highest BCUT2D eigenvalue weighted by atomic mass is 79.9. The van der Waals surface area contributed by atoms with Crippen molar-refractivity contribution in [1.82, 2.24) is 4.90 Å². The molecule has 1 aliphatic heterocycles. The molecule has 4 rings (SSSR count). The number of carbonyl (C=O) groups excluding carboxylic acids is 2. The van der Waals surface area contributed by atoms with Gasteiger partial charge in [-0.3, -0.25) is 9.69 Å². The molecular weight excluding hydrogens is 563 g/mol. The van der Waals surface area contributed by atoms with E-state index in [4.69, 9.17) is 32.4 Å². The summed E-state index contributed by atoms with van der Waals surface area (Å²) in [5.74, 6) is 0.287. The molecule has 1 saturated heterocycles. The summed E-state index contributed by atoms with van der Waals surface area (Å²) in [5, 5.41) is 1.51. The maximum absolute atomic E-state index is 13.0. The van der Waals surface area contributed by atoms with Crippen LogP contribution in [0.25, 0.3) is 17.4 Å². The van der Waals surface area contributed by atoms with Crippen LogP contribution in [0.15, 0.2) is 67.3 Å². The van der Waals surface area contributed by atoms with Crippen molar-refractivity contribution in [2.24, 2.45) is 4.99 Å². The number of amides is 1. The number of furan rings is 1. The van der Waals surface area contributed by atoms with Gasteiger partial charge in [-0.25, -0.2) is 9.79 Å². The van der Waals surface area contributed by atoms with Gasteiger partial charge in [0.1, 0.15) is 11.5 Å². The third kappa shape index (κ3) is 5.10. The number of halogens is 3. The van der Waals surface area contributed by atoms with Gasteiger partial charge in [0.2, 0.25) is 0 Å². The van der Waals surface area contributed by atoms with Crippen LogP contribution in [0, 0.1) is 0 Å². The molecular formula is C24H17BrCl2N2O4S. The molecule has 1 amide bonds. The number of likely N-dealkylation sites (N-methyl/N-ethyl adjacent to an activating group) is 1. The molecule has 0 aliphatic carbocycles. The summed E-state index contributed by atoms with van der Waals surface area (Å²) >= 11 is 17.1. The van der Waals surface area contributed by atoms with E-state index in [1.54, 1.807) is 53.4 Å². The second kappa shape index (κ2) is 10.4. The van der Waals surface area contributed by atoms with Crippen LogP contribution in [0.5, 0.6) is 0 Å². The predicted molar refractivity (Wildman–Crippen MR) is 140 cm³/mol. The molecule has 2 heterocycles. The Bertz CT molecular complexity index is 1350. The predicted octanol–water partition coefficient (Wildman–Crippen LogP) is 7.43. The highest BCUT2D eigenvalue weighted by Crippen LogP contribution is 2.37. The Hall–Kier alpha value is -2.52. The van der Waals surface area contributed by atoms with Crippen molar-refractivity contribution in [1.29, 1.82) is 0 Å². The van der Waals surface area contributed by atoms with Crippen molar-refractivity contribution in [3.63, 3.8) is 0 Å². The van der Waals surface area contributed by atoms with Crippen molar-refractivity contribution in [3.05, 3.63) is 79.3 Å². The molecule has 3 aromatic rings. The molecule has 0 saturated carbocycles. The number of thioether (sulfide) groups is 1. The third-order valence-electron chi connectivity index (χ3n) is 4.89. The largest absolute Gasteiger partial charge is 0.465 e. The van der Waals surface area contributed by atoms with Crippen molar-refractivity contribution in [2.45, 2.75) is 6.92 Å². The Morgan fingerprint density at radius 1 is 1.18 bits per heavy atom. The molecule has 0 N–H and O–H groups in total. The molecule has 6 nitrogen and oxygen atoms in total. The first-order valence-corrected chi connectivity index (χ1v) is 12.4. The number of carbonyl (C=O) groups is 2. The first-order valence-electron chi connectivity index (χ1n) is 10.0. The fourth-order valence-electron chi connectivity index (χ4n) is 3.20. The van der Waals surface area contributed by atoms with Gasteiger partial charge < -0.3 is 9.15 Å². The van der Waals surface area contributed by atoms with E-state index in [0.29, 0.717) is 55.0 Å². The van der Waals surface area contributed by atoms with Gasteiger partial charge in [-0.05, 0) is 83.1 Å². The molecule has 1 aliphatic rings. The van der Waals surface area contributed by atoms with Gasteiger partial charge in [0.15, 0.2) is 5.17 Å². The minimum atomic E-state index is -0.474. The fourth-order valence-corrected chi connectivity index (χ4v) is 4.87. The number of amidine groups is 1. The average Bonchev–Trinajstić information content (AvgIpc) is 3.40. The summed E-state index contributed by atoms with van der Waals surface area (Å²) in [6.07, 6.45) is 1.66. The lowest BCUT2D eigenvalue weighted by atomic mass is 10.1. The first-order chi connectivity index (χ1) is 16.3. The minimum absolute atomic E-state index is 0.168. The van der Waals surface area contributed by atoms with E-state index in [0.717, 1.165) is 4.47 Å².